The predicted octanol–water partition coefficient (Wildman–Crippen LogP) is 0.918. The molecule has 0 radical (unpaired) electrons. The summed E-state index contributed by atoms with van der Waals surface area (Å²) in [5, 5.41) is 13.7. The zero-order chi connectivity index (χ0) is 10.1. The summed E-state index contributed by atoms with van der Waals surface area (Å²) in [6, 6.07) is 0. The molecule has 0 amide bonds. The van der Waals surface area contributed by atoms with Gasteiger partial charge in [0.15, 0.2) is 0 Å². The lowest BCUT2D eigenvalue weighted by molar-refractivity contribution is -0.156. The van der Waals surface area contributed by atoms with Crippen molar-refractivity contribution in [1.29, 1.82) is 0 Å². The Hall–Kier alpha value is -0.120. The van der Waals surface area contributed by atoms with E-state index in [2.05, 4.69) is 12.2 Å². The quantitative estimate of drug-likeness (QED) is 0.710. The predicted molar refractivity (Wildman–Crippen MR) is 55.2 cm³/mol. The van der Waals surface area contributed by atoms with E-state index in [1.165, 1.54) is 0 Å². The van der Waals surface area contributed by atoms with Gasteiger partial charge in [0, 0.05) is 12.0 Å². The van der Waals surface area contributed by atoms with Gasteiger partial charge in [-0.05, 0) is 32.2 Å². The SMILES string of the molecule is CCC1(CC2(O)CCCNC2)COC1. The third-order valence-electron chi connectivity index (χ3n) is 3.72. The zero-order valence-corrected chi connectivity index (χ0v) is 9.01. The summed E-state index contributed by atoms with van der Waals surface area (Å²) in [7, 11) is 0. The van der Waals surface area contributed by atoms with E-state index >= 15 is 0 Å². The van der Waals surface area contributed by atoms with E-state index in [9.17, 15) is 5.11 Å². The Morgan fingerprint density at radius 1 is 1.43 bits per heavy atom. The van der Waals surface area contributed by atoms with Crippen LogP contribution in [-0.2, 0) is 4.74 Å². The van der Waals surface area contributed by atoms with Gasteiger partial charge in [0.1, 0.15) is 0 Å². The van der Waals surface area contributed by atoms with Gasteiger partial charge in [0.25, 0.3) is 0 Å². The average Bonchev–Trinajstić information content (AvgIpc) is 2.13. The monoisotopic (exact) mass is 199 g/mol. The molecule has 2 N–H and O–H groups in total. The molecule has 82 valence electrons. The minimum absolute atomic E-state index is 0.272. The van der Waals surface area contributed by atoms with Gasteiger partial charge in [0.2, 0.25) is 0 Å². The fourth-order valence-electron chi connectivity index (χ4n) is 2.62. The van der Waals surface area contributed by atoms with Crippen LogP contribution < -0.4 is 5.32 Å². The average molecular weight is 199 g/mol. The second-order valence-corrected chi connectivity index (χ2v) is 5.03. The highest BCUT2D eigenvalue weighted by Gasteiger charge is 2.44. The first kappa shape index (κ1) is 10.4. The van der Waals surface area contributed by atoms with Crippen LogP contribution in [0.1, 0.15) is 32.6 Å². The lowest BCUT2D eigenvalue weighted by atomic mass is 9.72. The van der Waals surface area contributed by atoms with E-state index in [1.54, 1.807) is 0 Å². The van der Waals surface area contributed by atoms with Crippen molar-refractivity contribution in [3.05, 3.63) is 0 Å². The molecule has 3 heteroatoms. The minimum atomic E-state index is -0.474. The topological polar surface area (TPSA) is 41.5 Å². The molecule has 2 saturated heterocycles. The van der Waals surface area contributed by atoms with Gasteiger partial charge in [-0.25, -0.2) is 0 Å². The number of piperidine rings is 1. The normalized spacial score (nSPS) is 36.4. The van der Waals surface area contributed by atoms with Gasteiger partial charge in [-0.1, -0.05) is 6.92 Å². The Balaban J connectivity index is 1.93. The molecule has 1 unspecified atom stereocenters. The highest BCUT2D eigenvalue weighted by molar-refractivity contribution is 4.95. The molecule has 0 aliphatic carbocycles. The molecule has 0 aromatic carbocycles. The van der Waals surface area contributed by atoms with Crippen LogP contribution in [-0.4, -0.2) is 37.0 Å². The highest BCUT2D eigenvalue weighted by Crippen LogP contribution is 2.40. The van der Waals surface area contributed by atoms with E-state index in [1.807, 2.05) is 0 Å². The number of aliphatic hydroxyl groups is 1. The van der Waals surface area contributed by atoms with Gasteiger partial charge in [0.05, 0.1) is 18.8 Å². The van der Waals surface area contributed by atoms with Crippen LogP contribution in [0.5, 0.6) is 0 Å². The summed E-state index contributed by atoms with van der Waals surface area (Å²) in [6.45, 7) is 5.69. The van der Waals surface area contributed by atoms with E-state index in [0.29, 0.717) is 0 Å². The molecule has 2 rings (SSSR count). The van der Waals surface area contributed by atoms with Crippen molar-refractivity contribution in [2.24, 2.45) is 5.41 Å². The Morgan fingerprint density at radius 3 is 2.64 bits per heavy atom. The molecule has 0 saturated carbocycles. The van der Waals surface area contributed by atoms with Crippen molar-refractivity contribution in [2.75, 3.05) is 26.3 Å². The molecule has 1 atom stereocenters. The molecule has 0 aromatic rings. The Labute approximate surface area is 85.8 Å². The molecule has 0 aromatic heterocycles. The van der Waals surface area contributed by atoms with Gasteiger partial charge < -0.3 is 15.2 Å². The number of hydrogen-bond donors (Lipinski definition) is 2. The summed E-state index contributed by atoms with van der Waals surface area (Å²) in [4.78, 5) is 0. The van der Waals surface area contributed by atoms with Gasteiger partial charge in [-0.2, -0.15) is 0 Å². The second kappa shape index (κ2) is 3.80. The first-order chi connectivity index (χ1) is 6.68. The summed E-state index contributed by atoms with van der Waals surface area (Å²) in [6.07, 6.45) is 4.07. The highest BCUT2D eigenvalue weighted by atomic mass is 16.5. The van der Waals surface area contributed by atoms with Gasteiger partial charge >= 0.3 is 0 Å². The van der Waals surface area contributed by atoms with Crippen LogP contribution in [0.25, 0.3) is 0 Å². The molecular weight excluding hydrogens is 178 g/mol. The third kappa shape index (κ3) is 1.95. The molecule has 2 heterocycles. The Bertz CT molecular complexity index is 190. The smallest absolute Gasteiger partial charge is 0.0779 e. The van der Waals surface area contributed by atoms with Crippen molar-refractivity contribution in [3.63, 3.8) is 0 Å². The summed E-state index contributed by atoms with van der Waals surface area (Å²) < 4.78 is 5.28. The van der Waals surface area contributed by atoms with E-state index in [-0.39, 0.29) is 5.41 Å². The summed E-state index contributed by atoms with van der Waals surface area (Å²) in [5.74, 6) is 0. The second-order valence-electron chi connectivity index (χ2n) is 5.03. The molecule has 0 bridgehead atoms. The molecule has 2 fully saturated rings. The first-order valence-corrected chi connectivity index (χ1v) is 5.69. The lowest BCUT2D eigenvalue weighted by Gasteiger charge is -2.47. The van der Waals surface area contributed by atoms with Crippen molar-refractivity contribution < 1.29 is 9.84 Å². The lowest BCUT2D eigenvalue weighted by Crippen LogP contribution is -2.53. The molecular formula is C11H21NO2. The first-order valence-electron chi connectivity index (χ1n) is 5.69. The van der Waals surface area contributed by atoms with Crippen molar-refractivity contribution in [3.8, 4) is 0 Å². The molecule has 2 aliphatic heterocycles. The van der Waals surface area contributed by atoms with E-state index in [4.69, 9.17) is 4.74 Å². The third-order valence-corrected chi connectivity index (χ3v) is 3.72. The largest absolute Gasteiger partial charge is 0.389 e. The summed E-state index contributed by atoms with van der Waals surface area (Å²) in [5.41, 5.74) is -0.203. The molecule has 14 heavy (non-hydrogen) atoms. The number of nitrogens with one attached hydrogen (secondary N) is 1. The standard InChI is InChI=1S/C11H21NO2/c1-2-10(8-14-9-10)6-11(13)4-3-5-12-7-11/h12-13H,2-9H2,1H3. The molecule has 0 spiro atoms. The van der Waals surface area contributed by atoms with Crippen molar-refractivity contribution >= 4 is 0 Å². The van der Waals surface area contributed by atoms with Crippen LogP contribution in [0.2, 0.25) is 0 Å². The minimum Gasteiger partial charge on any atom is -0.389 e. The number of rotatable bonds is 3. The fraction of sp³-hybridized carbons (Fsp3) is 1.00. The van der Waals surface area contributed by atoms with Gasteiger partial charge in [-0.3, -0.25) is 0 Å². The maximum Gasteiger partial charge on any atom is 0.0779 e. The van der Waals surface area contributed by atoms with E-state index < -0.39 is 5.60 Å². The maximum atomic E-state index is 10.4. The Kier molecular flexibility index (Phi) is 2.82. The molecule has 3 nitrogen and oxygen atoms in total. The van der Waals surface area contributed by atoms with Crippen molar-refractivity contribution in [1.82, 2.24) is 5.32 Å². The molecule has 2 aliphatic rings. The van der Waals surface area contributed by atoms with Gasteiger partial charge in [-0.15, -0.1) is 0 Å². The Morgan fingerprint density at radius 2 is 2.21 bits per heavy atom. The van der Waals surface area contributed by atoms with Crippen LogP contribution in [0, 0.1) is 5.41 Å². The van der Waals surface area contributed by atoms with E-state index in [0.717, 1.165) is 52.0 Å². The van der Waals surface area contributed by atoms with Crippen LogP contribution in [0.4, 0.5) is 0 Å². The maximum absolute atomic E-state index is 10.4. The van der Waals surface area contributed by atoms with Crippen LogP contribution in [0.15, 0.2) is 0 Å². The van der Waals surface area contributed by atoms with Crippen LogP contribution >= 0.6 is 0 Å². The number of hydrogen-bond acceptors (Lipinski definition) is 3. The fourth-order valence-corrected chi connectivity index (χ4v) is 2.62. The number of β-amino-alcohol motifs (C(OH)–C–C–N with tert-alkyl or cyclic N) is 1. The zero-order valence-electron chi connectivity index (χ0n) is 9.01. The van der Waals surface area contributed by atoms with Crippen molar-refractivity contribution in [2.45, 2.75) is 38.2 Å². The van der Waals surface area contributed by atoms with Crippen LogP contribution in [0.3, 0.4) is 0 Å². The number of ether oxygens (including phenoxy) is 1. The summed E-state index contributed by atoms with van der Waals surface area (Å²) >= 11 is 0.